The minimum Gasteiger partial charge on any atom is -0.359 e. The largest absolute Gasteiger partial charge is 0.359 e. The normalized spacial score (nSPS) is 15.5. The van der Waals surface area contributed by atoms with Gasteiger partial charge in [-0.05, 0) is 6.92 Å². The number of aliphatic hydroxyl groups excluding tert-OH is 1. The maximum absolute atomic E-state index is 11.3. The van der Waals surface area contributed by atoms with E-state index in [4.69, 9.17) is 10.2 Å². The summed E-state index contributed by atoms with van der Waals surface area (Å²) >= 11 is 0. The Labute approximate surface area is 35.2 Å². The second-order valence-corrected chi connectivity index (χ2v) is 0.974. The van der Waals surface area contributed by atoms with Crippen LogP contribution in [-0.2, 0) is 0 Å². The first-order chi connectivity index (χ1) is 2.64. The molecule has 37 valence electrons. The summed E-state index contributed by atoms with van der Waals surface area (Å²) in [4.78, 5) is 0. The van der Waals surface area contributed by atoms with E-state index in [0.29, 0.717) is 0 Å². The van der Waals surface area contributed by atoms with Crippen LogP contribution in [-0.4, -0.2) is 16.4 Å². The van der Waals surface area contributed by atoms with Crippen molar-refractivity contribution >= 4 is 0 Å². The van der Waals surface area contributed by atoms with Gasteiger partial charge in [-0.3, -0.25) is 0 Å². The van der Waals surface area contributed by atoms with E-state index in [2.05, 4.69) is 0 Å². The van der Waals surface area contributed by atoms with E-state index in [0.717, 1.165) is 6.92 Å². The molecule has 0 fully saturated rings. The smallest absolute Gasteiger partial charge is 0.253 e. The average Bonchev–Trinajstić information content (AvgIpc) is 1.36. The molecule has 0 amide bonds. The number of halogens is 1. The molecule has 0 bridgehead atoms. The van der Waals surface area contributed by atoms with Crippen molar-refractivity contribution in [3.05, 3.63) is 6.29 Å². The van der Waals surface area contributed by atoms with Crippen molar-refractivity contribution in [3.63, 3.8) is 0 Å². The average molecular weight is 93.1 g/mol. The van der Waals surface area contributed by atoms with E-state index in [1.54, 1.807) is 0 Å². The molecule has 0 saturated carbocycles. The van der Waals surface area contributed by atoms with E-state index in [1.165, 1.54) is 0 Å². The van der Waals surface area contributed by atoms with Gasteiger partial charge in [-0.15, -0.1) is 0 Å². The van der Waals surface area contributed by atoms with Crippen LogP contribution in [0.2, 0.25) is 0 Å². The van der Waals surface area contributed by atoms with Crippen LogP contribution in [0.3, 0.4) is 0 Å². The van der Waals surface area contributed by atoms with E-state index in [9.17, 15) is 4.39 Å². The van der Waals surface area contributed by atoms with Gasteiger partial charge < -0.3 is 10.2 Å². The first-order valence-electron chi connectivity index (χ1n) is 1.53. The molecule has 0 aliphatic carbocycles. The van der Waals surface area contributed by atoms with Crippen molar-refractivity contribution in [2.45, 2.75) is 13.1 Å². The van der Waals surface area contributed by atoms with Gasteiger partial charge in [-0.1, -0.05) is 0 Å². The van der Waals surface area contributed by atoms with Crippen molar-refractivity contribution in [2.24, 2.45) is 0 Å². The molecule has 0 rings (SSSR count). The Bertz CT molecular complexity index is 29.8. The molecule has 3 heteroatoms. The molecule has 0 heterocycles. The summed E-state index contributed by atoms with van der Waals surface area (Å²) in [5.41, 5.74) is 0. The summed E-state index contributed by atoms with van der Waals surface area (Å²) in [6, 6.07) is 0. The lowest BCUT2D eigenvalue weighted by atomic mass is 10.4. The Hall–Kier alpha value is -0.150. The zero-order valence-electron chi connectivity index (χ0n) is 3.35. The molecule has 0 aromatic heterocycles. The Balaban J connectivity index is 2.99. The quantitative estimate of drug-likeness (QED) is 0.497. The third-order valence-electron chi connectivity index (χ3n) is 0.356. The minimum atomic E-state index is -1.62. The zero-order chi connectivity index (χ0) is 5.15. The van der Waals surface area contributed by atoms with Gasteiger partial charge in [-0.25, -0.2) is 4.39 Å². The number of hydrogen-bond acceptors (Lipinski definition) is 2. The Morgan fingerprint density at radius 1 is 1.67 bits per heavy atom. The number of hydrogen-bond donors (Lipinski definition) is 2. The second kappa shape index (κ2) is 2.10. The molecule has 0 aliphatic rings. The van der Waals surface area contributed by atoms with Crippen LogP contribution in [0.1, 0.15) is 6.92 Å². The van der Waals surface area contributed by atoms with Crippen LogP contribution in [0.4, 0.5) is 4.39 Å². The molecule has 2 nitrogen and oxygen atoms in total. The molecular formula is C3H6FO2. The van der Waals surface area contributed by atoms with Crippen LogP contribution in [0.5, 0.6) is 0 Å². The van der Waals surface area contributed by atoms with Crippen LogP contribution in [0, 0.1) is 6.29 Å². The molecule has 6 heavy (non-hydrogen) atoms. The summed E-state index contributed by atoms with van der Waals surface area (Å²) in [5.74, 6) is 0. The Morgan fingerprint density at radius 3 is 1.83 bits per heavy atom. The topological polar surface area (TPSA) is 40.5 Å². The molecule has 0 aromatic rings. The van der Waals surface area contributed by atoms with Crippen LogP contribution in [0.15, 0.2) is 0 Å². The van der Waals surface area contributed by atoms with Crippen molar-refractivity contribution in [1.29, 1.82) is 0 Å². The van der Waals surface area contributed by atoms with Crippen molar-refractivity contribution in [3.8, 4) is 0 Å². The fraction of sp³-hybridized carbons (Fsp3) is 0.667. The fourth-order valence-electron chi connectivity index (χ4n) is 0. The molecule has 1 unspecified atom stereocenters. The van der Waals surface area contributed by atoms with Crippen LogP contribution >= 0.6 is 0 Å². The van der Waals surface area contributed by atoms with Gasteiger partial charge in [0, 0.05) is 0 Å². The summed E-state index contributed by atoms with van der Waals surface area (Å²) in [6.07, 6.45) is -2.78. The summed E-state index contributed by atoms with van der Waals surface area (Å²) in [7, 11) is 0. The standard InChI is InChI=1S/C3H6FO2/c1-2(4)3(5)6/h2,5-6H,1H3. The summed E-state index contributed by atoms with van der Waals surface area (Å²) in [5, 5.41) is 15.5. The van der Waals surface area contributed by atoms with Crippen LogP contribution in [0.25, 0.3) is 0 Å². The van der Waals surface area contributed by atoms with Crippen molar-refractivity contribution in [2.75, 3.05) is 0 Å². The van der Waals surface area contributed by atoms with Crippen molar-refractivity contribution in [1.82, 2.24) is 0 Å². The molecule has 1 atom stereocenters. The number of aliphatic hydroxyl groups is 2. The third-order valence-corrected chi connectivity index (χ3v) is 0.356. The molecule has 0 saturated heterocycles. The van der Waals surface area contributed by atoms with E-state index >= 15 is 0 Å². The molecule has 0 aliphatic heterocycles. The molecule has 0 spiro atoms. The first-order valence-corrected chi connectivity index (χ1v) is 1.53. The maximum atomic E-state index is 11.3. The SMILES string of the molecule is CC(F)[C](O)O. The van der Waals surface area contributed by atoms with Gasteiger partial charge in [0.2, 0.25) is 0 Å². The van der Waals surface area contributed by atoms with Gasteiger partial charge in [0.1, 0.15) is 0 Å². The van der Waals surface area contributed by atoms with Gasteiger partial charge in [-0.2, -0.15) is 0 Å². The molecule has 1 radical (unpaired) electrons. The highest BCUT2D eigenvalue weighted by atomic mass is 19.1. The molecule has 0 aromatic carbocycles. The van der Waals surface area contributed by atoms with Crippen LogP contribution < -0.4 is 0 Å². The third kappa shape index (κ3) is 2.11. The zero-order valence-corrected chi connectivity index (χ0v) is 3.35. The van der Waals surface area contributed by atoms with E-state index < -0.39 is 12.5 Å². The number of rotatable bonds is 1. The van der Waals surface area contributed by atoms with Gasteiger partial charge in [0.15, 0.2) is 6.17 Å². The predicted molar refractivity (Wildman–Crippen MR) is 17.7 cm³/mol. The second-order valence-electron chi connectivity index (χ2n) is 0.974. The highest BCUT2D eigenvalue weighted by Gasteiger charge is 2.07. The Morgan fingerprint density at radius 2 is 1.83 bits per heavy atom. The Kier molecular flexibility index (Phi) is 2.05. The monoisotopic (exact) mass is 93.0 g/mol. The molecular weight excluding hydrogens is 87.0 g/mol. The summed E-state index contributed by atoms with van der Waals surface area (Å²) < 4.78 is 11.3. The lowest BCUT2D eigenvalue weighted by Gasteiger charge is -1.96. The highest BCUT2D eigenvalue weighted by Crippen LogP contribution is 1.98. The van der Waals surface area contributed by atoms with Crippen molar-refractivity contribution < 1.29 is 14.6 Å². The maximum Gasteiger partial charge on any atom is 0.253 e. The van der Waals surface area contributed by atoms with E-state index in [-0.39, 0.29) is 0 Å². The van der Waals surface area contributed by atoms with Gasteiger partial charge in [0.05, 0.1) is 0 Å². The summed E-state index contributed by atoms with van der Waals surface area (Å²) in [6.45, 7) is 1.04. The highest BCUT2D eigenvalue weighted by molar-refractivity contribution is 4.64. The lowest BCUT2D eigenvalue weighted by Crippen LogP contribution is -2.06. The predicted octanol–water partition coefficient (Wildman–Crippen LogP) is 0.579. The van der Waals surface area contributed by atoms with Gasteiger partial charge in [0.25, 0.3) is 6.29 Å². The lowest BCUT2D eigenvalue weighted by molar-refractivity contribution is 0.0237. The molecule has 2 N–H and O–H groups in total. The number of alkyl halides is 1. The fourth-order valence-corrected chi connectivity index (χ4v) is 0. The minimum absolute atomic E-state index is 1.04. The van der Waals surface area contributed by atoms with E-state index in [1.807, 2.05) is 0 Å². The van der Waals surface area contributed by atoms with Gasteiger partial charge >= 0.3 is 0 Å². The first kappa shape index (κ1) is 5.85.